The molecule has 5 nitrogen and oxygen atoms in total. The number of sulfonamides is 1. The maximum atomic E-state index is 13.4. The van der Waals surface area contributed by atoms with Crippen LogP contribution in [0.4, 0.5) is 0 Å². The SMILES string of the molecule is O=S1(=O)CC2CC(CN(S(=O)(=O)c3ccccc3-c3ccccc3)C2)C1. The second kappa shape index (κ2) is 6.48. The minimum Gasteiger partial charge on any atom is -0.229 e. The smallest absolute Gasteiger partial charge is 0.229 e. The van der Waals surface area contributed by atoms with Crippen LogP contribution in [0.2, 0.25) is 0 Å². The van der Waals surface area contributed by atoms with Gasteiger partial charge in [-0.1, -0.05) is 48.5 Å². The van der Waals surface area contributed by atoms with E-state index in [2.05, 4.69) is 0 Å². The molecule has 2 saturated heterocycles. The molecule has 2 fully saturated rings. The first kappa shape index (κ1) is 17.7. The molecule has 0 radical (unpaired) electrons. The van der Waals surface area contributed by atoms with Gasteiger partial charge in [-0.3, -0.25) is 0 Å². The van der Waals surface area contributed by atoms with Gasteiger partial charge in [0.1, 0.15) is 0 Å². The van der Waals surface area contributed by atoms with Crippen molar-refractivity contribution in [1.82, 2.24) is 4.31 Å². The summed E-state index contributed by atoms with van der Waals surface area (Å²) in [6.45, 7) is 0.558. The molecular formula is C19H21NO4S2. The lowest BCUT2D eigenvalue weighted by atomic mass is 9.92. The van der Waals surface area contributed by atoms with E-state index in [1.54, 1.807) is 12.1 Å². The monoisotopic (exact) mass is 391 g/mol. The molecule has 7 heteroatoms. The highest BCUT2D eigenvalue weighted by atomic mass is 32.2. The Balaban J connectivity index is 1.71. The lowest BCUT2D eigenvalue weighted by Gasteiger charge is -2.40. The Morgan fingerprint density at radius 1 is 0.846 bits per heavy atom. The molecule has 26 heavy (non-hydrogen) atoms. The summed E-state index contributed by atoms with van der Waals surface area (Å²) < 4.78 is 52.1. The van der Waals surface area contributed by atoms with Gasteiger partial charge in [-0.05, 0) is 29.9 Å². The summed E-state index contributed by atoms with van der Waals surface area (Å²) in [5, 5.41) is 0. The second-order valence-electron chi connectivity index (χ2n) is 7.23. The van der Waals surface area contributed by atoms with Crippen LogP contribution < -0.4 is 0 Å². The van der Waals surface area contributed by atoms with Crippen LogP contribution in [0.25, 0.3) is 11.1 Å². The van der Waals surface area contributed by atoms with Gasteiger partial charge in [0.25, 0.3) is 0 Å². The maximum Gasteiger partial charge on any atom is 0.243 e. The summed E-state index contributed by atoms with van der Waals surface area (Å²) in [5.74, 6) is -0.0246. The van der Waals surface area contributed by atoms with Gasteiger partial charge >= 0.3 is 0 Å². The van der Waals surface area contributed by atoms with Gasteiger partial charge in [0, 0.05) is 18.7 Å². The van der Waals surface area contributed by atoms with Crippen molar-refractivity contribution in [3.8, 4) is 11.1 Å². The number of nitrogens with zero attached hydrogens (tertiary/aromatic N) is 1. The Bertz CT molecular complexity index is 997. The minimum atomic E-state index is -3.68. The van der Waals surface area contributed by atoms with Crippen LogP contribution in [0.3, 0.4) is 0 Å². The van der Waals surface area contributed by atoms with E-state index in [4.69, 9.17) is 0 Å². The van der Waals surface area contributed by atoms with Gasteiger partial charge in [-0.2, -0.15) is 4.31 Å². The third-order valence-corrected chi connectivity index (χ3v) is 9.01. The van der Waals surface area contributed by atoms with Crippen molar-refractivity contribution in [2.75, 3.05) is 24.6 Å². The van der Waals surface area contributed by atoms with Crippen LogP contribution in [-0.4, -0.2) is 45.7 Å². The molecule has 4 rings (SSSR count). The summed E-state index contributed by atoms with van der Waals surface area (Å²) in [6, 6.07) is 16.5. The average molecular weight is 392 g/mol. The molecule has 0 aliphatic carbocycles. The number of fused-ring (bicyclic) bond motifs is 2. The molecule has 0 N–H and O–H groups in total. The summed E-state index contributed by atoms with van der Waals surface area (Å²) in [4.78, 5) is 0.286. The van der Waals surface area contributed by atoms with Gasteiger partial charge in [0.15, 0.2) is 9.84 Å². The van der Waals surface area contributed by atoms with Crippen molar-refractivity contribution in [1.29, 1.82) is 0 Å². The van der Waals surface area contributed by atoms with Crippen LogP contribution in [-0.2, 0) is 19.9 Å². The number of sulfone groups is 1. The third-order valence-electron chi connectivity index (χ3n) is 5.16. The van der Waals surface area contributed by atoms with Gasteiger partial charge in [0.2, 0.25) is 10.0 Å². The molecule has 2 unspecified atom stereocenters. The van der Waals surface area contributed by atoms with E-state index in [1.165, 1.54) is 4.31 Å². The fourth-order valence-electron chi connectivity index (χ4n) is 4.18. The Kier molecular flexibility index (Phi) is 4.41. The van der Waals surface area contributed by atoms with E-state index < -0.39 is 19.9 Å². The van der Waals surface area contributed by atoms with Crippen LogP contribution in [0.1, 0.15) is 6.42 Å². The molecule has 2 bridgehead atoms. The molecule has 138 valence electrons. The van der Waals surface area contributed by atoms with Crippen LogP contribution >= 0.6 is 0 Å². The van der Waals surface area contributed by atoms with E-state index in [0.717, 1.165) is 12.0 Å². The molecule has 0 amide bonds. The molecular weight excluding hydrogens is 370 g/mol. The van der Waals surface area contributed by atoms with Gasteiger partial charge < -0.3 is 0 Å². The van der Waals surface area contributed by atoms with Crippen LogP contribution in [0.5, 0.6) is 0 Å². The summed E-state index contributed by atoms with van der Waals surface area (Å²) in [5.41, 5.74) is 1.53. The first-order valence-corrected chi connectivity index (χ1v) is 12.0. The zero-order chi connectivity index (χ0) is 18.4. The third kappa shape index (κ3) is 3.31. The van der Waals surface area contributed by atoms with Crippen LogP contribution in [0, 0.1) is 11.8 Å². The molecule has 0 saturated carbocycles. The highest BCUT2D eigenvalue weighted by molar-refractivity contribution is 7.91. The lowest BCUT2D eigenvalue weighted by molar-refractivity contribution is 0.215. The summed E-state index contributed by atoms with van der Waals surface area (Å²) >= 11 is 0. The molecule has 2 aromatic carbocycles. The first-order valence-electron chi connectivity index (χ1n) is 8.70. The van der Waals surface area contributed by atoms with Crippen molar-refractivity contribution in [2.24, 2.45) is 11.8 Å². The van der Waals surface area contributed by atoms with Crippen molar-refractivity contribution >= 4 is 19.9 Å². The molecule has 2 aliphatic heterocycles. The molecule has 2 heterocycles. The largest absolute Gasteiger partial charge is 0.243 e. The van der Waals surface area contributed by atoms with Crippen molar-refractivity contribution < 1.29 is 16.8 Å². The van der Waals surface area contributed by atoms with Gasteiger partial charge in [-0.15, -0.1) is 0 Å². The molecule has 2 aliphatic rings. The zero-order valence-electron chi connectivity index (χ0n) is 14.3. The van der Waals surface area contributed by atoms with E-state index in [9.17, 15) is 16.8 Å². The fraction of sp³-hybridized carbons (Fsp3) is 0.368. The highest BCUT2D eigenvalue weighted by Gasteiger charge is 2.42. The molecule has 2 atom stereocenters. The minimum absolute atomic E-state index is 0.0931. The Morgan fingerprint density at radius 3 is 2.08 bits per heavy atom. The summed E-state index contributed by atoms with van der Waals surface area (Å²) in [6.07, 6.45) is 0.797. The van der Waals surface area contributed by atoms with E-state index >= 15 is 0 Å². The van der Waals surface area contributed by atoms with Crippen molar-refractivity contribution in [3.05, 3.63) is 54.6 Å². The maximum absolute atomic E-state index is 13.4. The normalized spacial score (nSPS) is 25.7. The first-order chi connectivity index (χ1) is 12.4. The Labute approximate surface area is 154 Å². The zero-order valence-corrected chi connectivity index (χ0v) is 15.9. The predicted molar refractivity (Wildman–Crippen MR) is 101 cm³/mol. The van der Waals surface area contributed by atoms with Crippen molar-refractivity contribution in [3.63, 3.8) is 0 Å². The Morgan fingerprint density at radius 2 is 1.42 bits per heavy atom. The number of hydrogen-bond donors (Lipinski definition) is 0. The summed E-state index contributed by atoms with van der Waals surface area (Å²) in [7, 11) is -6.73. The standard InChI is InChI=1S/C19H21NO4S2/c21-25(22)13-15-10-16(14-25)12-20(11-15)26(23,24)19-9-5-4-8-18(19)17-6-2-1-3-7-17/h1-9,15-16H,10-14H2. The second-order valence-corrected chi connectivity index (χ2v) is 11.3. The number of piperidine rings is 1. The highest BCUT2D eigenvalue weighted by Crippen LogP contribution is 2.35. The lowest BCUT2D eigenvalue weighted by Crippen LogP contribution is -2.50. The van der Waals surface area contributed by atoms with Crippen molar-refractivity contribution in [2.45, 2.75) is 11.3 Å². The predicted octanol–water partition coefficient (Wildman–Crippen LogP) is 2.41. The van der Waals surface area contributed by atoms with Crippen LogP contribution in [0.15, 0.2) is 59.5 Å². The average Bonchev–Trinajstić information content (AvgIpc) is 2.60. The number of rotatable bonds is 3. The quantitative estimate of drug-likeness (QED) is 0.806. The van der Waals surface area contributed by atoms with E-state index in [-0.39, 0.29) is 41.3 Å². The topological polar surface area (TPSA) is 71.5 Å². The van der Waals surface area contributed by atoms with E-state index in [1.807, 2.05) is 42.5 Å². The van der Waals surface area contributed by atoms with Gasteiger partial charge in [-0.25, -0.2) is 16.8 Å². The fourth-order valence-corrected chi connectivity index (χ4v) is 8.04. The Hall–Kier alpha value is -1.70. The number of hydrogen-bond acceptors (Lipinski definition) is 4. The number of benzene rings is 2. The van der Waals surface area contributed by atoms with E-state index in [0.29, 0.717) is 5.56 Å². The van der Waals surface area contributed by atoms with Gasteiger partial charge in [0.05, 0.1) is 16.4 Å². The molecule has 2 aromatic rings. The molecule has 0 spiro atoms. The molecule has 0 aromatic heterocycles.